The molecule has 0 fully saturated rings. The van der Waals surface area contributed by atoms with Crippen molar-refractivity contribution >= 4 is 22.5 Å². The molecule has 0 radical (unpaired) electrons. The fourth-order valence-corrected chi connectivity index (χ4v) is 2.78. The lowest BCUT2D eigenvalue weighted by Gasteiger charge is -2.33. The van der Waals surface area contributed by atoms with E-state index in [2.05, 4.69) is 20.8 Å². The molecule has 4 heteroatoms. The van der Waals surface area contributed by atoms with Gasteiger partial charge in [0.25, 0.3) is 5.56 Å². The summed E-state index contributed by atoms with van der Waals surface area (Å²) in [5.74, 6) is 0.689. The van der Waals surface area contributed by atoms with Crippen LogP contribution in [0.5, 0.6) is 0 Å². The van der Waals surface area contributed by atoms with Crippen molar-refractivity contribution in [1.82, 2.24) is 9.55 Å². The Labute approximate surface area is 131 Å². The first-order valence-electron chi connectivity index (χ1n) is 7.64. The maximum Gasteiger partial charge on any atom is 0.261 e. The number of hydrogen-bond acceptors (Lipinski definition) is 2. The SMILES string of the molecule is CCC(Cl)c1nc2ccccc2c(=O)n1C(C)(CC)CC. The second-order valence-corrected chi connectivity index (χ2v) is 6.23. The van der Waals surface area contributed by atoms with Crippen LogP contribution in [0.15, 0.2) is 29.1 Å². The van der Waals surface area contributed by atoms with Crippen LogP contribution in [-0.4, -0.2) is 9.55 Å². The van der Waals surface area contributed by atoms with Gasteiger partial charge < -0.3 is 0 Å². The van der Waals surface area contributed by atoms with E-state index in [9.17, 15) is 4.79 Å². The number of para-hydroxylation sites is 1. The molecule has 0 aliphatic carbocycles. The lowest BCUT2D eigenvalue weighted by atomic mass is 9.94. The molecule has 0 spiro atoms. The van der Waals surface area contributed by atoms with Gasteiger partial charge in [-0.2, -0.15) is 0 Å². The van der Waals surface area contributed by atoms with Gasteiger partial charge in [0.05, 0.1) is 16.3 Å². The number of alkyl halides is 1. The third-order valence-corrected chi connectivity index (χ3v) is 5.01. The number of nitrogens with zero attached hydrogens (tertiary/aromatic N) is 2. The summed E-state index contributed by atoms with van der Waals surface area (Å²) in [5, 5.41) is 0.411. The van der Waals surface area contributed by atoms with Gasteiger partial charge in [-0.15, -0.1) is 11.6 Å². The maximum atomic E-state index is 13.0. The number of halogens is 1. The summed E-state index contributed by atoms with van der Waals surface area (Å²) in [7, 11) is 0. The molecule has 0 saturated carbocycles. The van der Waals surface area contributed by atoms with Crippen LogP contribution in [0.4, 0.5) is 0 Å². The molecule has 0 saturated heterocycles. The lowest BCUT2D eigenvalue weighted by Crippen LogP contribution is -2.41. The Bertz CT molecular complexity index is 689. The van der Waals surface area contributed by atoms with Crippen molar-refractivity contribution in [3.05, 3.63) is 40.4 Å². The highest BCUT2D eigenvalue weighted by Crippen LogP contribution is 2.30. The second kappa shape index (κ2) is 6.18. The quantitative estimate of drug-likeness (QED) is 0.755. The second-order valence-electron chi connectivity index (χ2n) is 5.71. The molecule has 1 aromatic heterocycles. The van der Waals surface area contributed by atoms with Crippen LogP contribution in [0.25, 0.3) is 10.9 Å². The number of fused-ring (bicyclic) bond motifs is 1. The Hall–Kier alpha value is -1.35. The minimum atomic E-state index is -0.258. The summed E-state index contributed by atoms with van der Waals surface area (Å²) < 4.78 is 1.83. The summed E-state index contributed by atoms with van der Waals surface area (Å²) >= 11 is 6.47. The van der Waals surface area contributed by atoms with E-state index in [1.807, 2.05) is 35.8 Å². The molecule has 0 aliphatic rings. The molecule has 0 bridgehead atoms. The van der Waals surface area contributed by atoms with Crippen LogP contribution in [0.2, 0.25) is 0 Å². The molecule has 21 heavy (non-hydrogen) atoms. The average molecular weight is 307 g/mol. The summed E-state index contributed by atoms with van der Waals surface area (Å²) in [4.78, 5) is 17.7. The number of aromatic nitrogens is 2. The van der Waals surface area contributed by atoms with Crippen molar-refractivity contribution in [3.8, 4) is 0 Å². The van der Waals surface area contributed by atoms with Gasteiger partial charge in [-0.1, -0.05) is 32.9 Å². The number of rotatable bonds is 5. The molecule has 2 aromatic rings. The highest BCUT2D eigenvalue weighted by atomic mass is 35.5. The van der Waals surface area contributed by atoms with Crippen LogP contribution in [0.1, 0.15) is 58.2 Å². The highest BCUT2D eigenvalue weighted by Gasteiger charge is 2.29. The Kier molecular flexibility index (Phi) is 4.72. The van der Waals surface area contributed by atoms with E-state index < -0.39 is 0 Å². The normalized spacial score (nSPS) is 13.6. The predicted molar refractivity (Wildman–Crippen MR) is 89.1 cm³/mol. The third kappa shape index (κ3) is 2.71. The van der Waals surface area contributed by atoms with E-state index >= 15 is 0 Å². The average Bonchev–Trinajstić information content (AvgIpc) is 2.53. The molecule has 2 rings (SSSR count). The summed E-state index contributed by atoms with van der Waals surface area (Å²) in [5.41, 5.74) is 0.481. The molecule has 1 unspecified atom stereocenters. The van der Waals surface area contributed by atoms with E-state index in [4.69, 9.17) is 16.6 Å². The molecule has 1 atom stereocenters. The minimum absolute atomic E-state index is 0.0147. The first-order chi connectivity index (χ1) is 9.98. The fraction of sp³-hybridized carbons (Fsp3) is 0.529. The summed E-state index contributed by atoms with van der Waals surface area (Å²) in [6, 6.07) is 7.49. The molecule has 0 aliphatic heterocycles. The van der Waals surface area contributed by atoms with Gasteiger partial charge in [-0.25, -0.2) is 4.98 Å². The standard InChI is InChI=1S/C17H23ClN2O/c1-5-13(18)15-19-14-11-9-8-10-12(14)16(21)20(15)17(4,6-2)7-3/h8-11,13H,5-7H2,1-4H3. The van der Waals surface area contributed by atoms with Crippen LogP contribution in [-0.2, 0) is 5.54 Å². The molecule has 3 nitrogen and oxygen atoms in total. The van der Waals surface area contributed by atoms with Crippen molar-refractivity contribution < 1.29 is 0 Å². The largest absolute Gasteiger partial charge is 0.289 e. The van der Waals surface area contributed by atoms with E-state index in [-0.39, 0.29) is 16.5 Å². The molecular formula is C17H23ClN2O. The molecular weight excluding hydrogens is 284 g/mol. The highest BCUT2D eigenvalue weighted by molar-refractivity contribution is 6.20. The van der Waals surface area contributed by atoms with Gasteiger partial charge in [-0.05, 0) is 38.3 Å². The minimum Gasteiger partial charge on any atom is -0.289 e. The molecule has 1 aromatic carbocycles. The van der Waals surface area contributed by atoms with Gasteiger partial charge in [0.2, 0.25) is 0 Å². The van der Waals surface area contributed by atoms with Crippen LogP contribution < -0.4 is 5.56 Å². The van der Waals surface area contributed by atoms with Crippen LogP contribution >= 0.6 is 11.6 Å². The Morgan fingerprint density at radius 2 is 1.86 bits per heavy atom. The van der Waals surface area contributed by atoms with Crippen molar-refractivity contribution in [2.45, 2.75) is 57.9 Å². The number of benzene rings is 1. The van der Waals surface area contributed by atoms with Gasteiger partial charge in [0.1, 0.15) is 5.82 Å². The lowest BCUT2D eigenvalue weighted by molar-refractivity contribution is 0.273. The first kappa shape index (κ1) is 16.0. The van der Waals surface area contributed by atoms with Gasteiger partial charge in [0.15, 0.2) is 0 Å². The van der Waals surface area contributed by atoms with E-state index in [0.717, 1.165) is 24.8 Å². The fourth-order valence-electron chi connectivity index (χ4n) is 2.63. The molecule has 114 valence electrons. The van der Waals surface area contributed by atoms with Crippen LogP contribution in [0.3, 0.4) is 0 Å². The van der Waals surface area contributed by atoms with E-state index in [1.54, 1.807) is 0 Å². The Balaban J connectivity index is 2.88. The first-order valence-corrected chi connectivity index (χ1v) is 8.08. The van der Waals surface area contributed by atoms with Crippen molar-refractivity contribution in [1.29, 1.82) is 0 Å². The smallest absolute Gasteiger partial charge is 0.261 e. The maximum absolute atomic E-state index is 13.0. The van der Waals surface area contributed by atoms with Gasteiger partial charge >= 0.3 is 0 Å². The summed E-state index contributed by atoms with van der Waals surface area (Å²) in [6.07, 6.45) is 2.48. The van der Waals surface area contributed by atoms with Gasteiger partial charge in [0, 0.05) is 5.54 Å². The zero-order valence-corrected chi connectivity index (χ0v) is 13.9. The number of hydrogen-bond donors (Lipinski definition) is 0. The van der Waals surface area contributed by atoms with Crippen molar-refractivity contribution in [3.63, 3.8) is 0 Å². The van der Waals surface area contributed by atoms with Crippen molar-refractivity contribution in [2.75, 3.05) is 0 Å². The third-order valence-electron chi connectivity index (χ3n) is 4.50. The predicted octanol–water partition coefficient (Wildman–Crippen LogP) is 4.62. The Morgan fingerprint density at radius 1 is 1.24 bits per heavy atom. The van der Waals surface area contributed by atoms with E-state index in [0.29, 0.717) is 11.2 Å². The molecule has 1 heterocycles. The molecule has 0 amide bonds. The molecule has 0 N–H and O–H groups in total. The van der Waals surface area contributed by atoms with Crippen molar-refractivity contribution in [2.24, 2.45) is 0 Å². The zero-order valence-electron chi connectivity index (χ0n) is 13.2. The van der Waals surface area contributed by atoms with Crippen LogP contribution in [0, 0.1) is 0 Å². The topological polar surface area (TPSA) is 34.9 Å². The summed E-state index contributed by atoms with van der Waals surface area (Å²) in [6.45, 7) is 8.32. The monoisotopic (exact) mass is 306 g/mol. The van der Waals surface area contributed by atoms with Gasteiger partial charge in [-0.3, -0.25) is 9.36 Å². The zero-order chi connectivity index (χ0) is 15.6. The van der Waals surface area contributed by atoms with E-state index in [1.165, 1.54) is 0 Å². The Morgan fingerprint density at radius 3 is 2.43 bits per heavy atom.